The summed E-state index contributed by atoms with van der Waals surface area (Å²) in [5.74, 6) is 1.36. The molecular weight excluding hydrogens is 252 g/mol. The normalized spacial score (nSPS) is 24.4. The summed E-state index contributed by atoms with van der Waals surface area (Å²) in [6.45, 7) is 2.12. The first kappa shape index (κ1) is 12.8. The molecule has 17 heavy (non-hydrogen) atoms. The predicted octanol–water partition coefficient (Wildman–Crippen LogP) is 2.80. The molecule has 0 radical (unpaired) electrons. The van der Waals surface area contributed by atoms with Gasteiger partial charge in [-0.05, 0) is 25.0 Å². The van der Waals surface area contributed by atoms with Gasteiger partial charge in [0.25, 0.3) is 0 Å². The first-order valence-corrected chi connectivity index (χ1v) is 7.17. The number of nitrogens with zero attached hydrogens (tertiary/aromatic N) is 2. The summed E-state index contributed by atoms with van der Waals surface area (Å²) in [7, 11) is 0. The number of pyridine rings is 1. The van der Waals surface area contributed by atoms with Crippen molar-refractivity contribution in [2.75, 3.05) is 10.7 Å². The largest absolute Gasteiger partial charge is 0.370 e. The minimum absolute atomic E-state index is 0.627. The molecule has 2 heterocycles. The Bertz CT molecular complexity index is 399. The smallest absolute Gasteiger partial charge is 0.154 e. The second-order valence-electron chi connectivity index (χ2n) is 4.16. The van der Waals surface area contributed by atoms with Crippen molar-refractivity contribution in [3.8, 4) is 0 Å². The van der Waals surface area contributed by atoms with Crippen LogP contribution in [0.1, 0.15) is 26.2 Å². The average Bonchev–Trinajstić information content (AvgIpc) is 2.64. The number of unbranched alkanes of at least 4 members (excludes halogenated alkanes) is 1. The van der Waals surface area contributed by atoms with Crippen molar-refractivity contribution in [3.63, 3.8) is 0 Å². The highest BCUT2D eigenvalue weighted by molar-refractivity contribution is 8.23. The van der Waals surface area contributed by atoms with Crippen molar-refractivity contribution in [2.24, 2.45) is 0 Å². The number of aromatic nitrogens is 1. The summed E-state index contributed by atoms with van der Waals surface area (Å²) in [4.78, 5) is 6.07. The average molecular weight is 268 g/mol. The fraction of sp³-hybridized carbons (Fsp3) is 0.500. The van der Waals surface area contributed by atoms with Crippen molar-refractivity contribution >= 4 is 34.1 Å². The van der Waals surface area contributed by atoms with Crippen LogP contribution in [0.25, 0.3) is 0 Å². The van der Waals surface area contributed by atoms with E-state index >= 15 is 0 Å². The number of aliphatic hydroxyl groups is 1. The van der Waals surface area contributed by atoms with Crippen molar-refractivity contribution in [2.45, 2.75) is 31.9 Å². The summed E-state index contributed by atoms with van der Waals surface area (Å²) in [6.07, 6.45) is 4.51. The minimum atomic E-state index is -0.869. The predicted molar refractivity (Wildman–Crippen MR) is 76.2 cm³/mol. The van der Waals surface area contributed by atoms with E-state index in [1.54, 1.807) is 11.1 Å². The van der Waals surface area contributed by atoms with Crippen molar-refractivity contribution < 1.29 is 5.11 Å². The molecule has 1 fully saturated rings. The second-order valence-corrected chi connectivity index (χ2v) is 5.77. The molecule has 0 bridgehead atoms. The van der Waals surface area contributed by atoms with Gasteiger partial charge in [0.05, 0.1) is 0 Å². The third-order valence-corrected chi connectivity index (χ3v) is 4.41. The zero-order chi connectivity index (χ0) is 12.3. The van der Waals surface area contributed by atoms with Crippen molar-refractivity contribution in [1.82, 2.24) is 4.98 Å². The van der Waals surface area contributed by atoms with Crippen LogP contribution in [0.5, 0.6) is 0 Å². The molecule has 1 aliphatic heterocycles. The van der Waals surface area contributed by atoms with E-state index in [0.717, 1.165) is 25.1 Å². The lowest BCUT2D eigenvalue weighted by Gasteiger charge is -2.33. The highest BCUT2D eigenvalue weighted by atomic mass is 32.2. The summed E-state index contributed by atoms with van der Waals surface area (Å²) in [6, 6.07) is 5.66. The van der Waals surface area contributed by atoms with Gasteiger partial charge in [-0.25, -0.2) is 4.98 Å². The van der Waals surface area contributed by atoms with E-state index in [4.69, 9.17) is 12.2 Å². The second kappa shape index (κ2) is 5.33. The maximum absolute atomic E-state index is 10.7. The Labute approximate surface area is 111 Å². The van der Waals surface area contributed by atoms with Crippen LogP contribution in [0.15, 0.2) is 24.4 Å². The molecular formula is C12H16N2OS2. The summed E-state index contributed by atoms with van der Waals surface area (Å²) >= 11 is 6.84. The van der Waals surface area contributed by atoms with E-state index in [2.05, 4.69) is 11.9 Å². The van der Waals surface area contributed by atoms with Gasteiger partial charge in [0.1, 0.15) is 10.1 Å². The molecule has 1 aromatic rings. The number of thioether (sulfide) groups is 1. The monoisotopic (exact) mass is 268 g/mol. The molecule has 0 aromatic carbocycles. The summed E-state index contributed by atoms with van der Waals surface area (Å²) in [5, 5.41) is 10.7. The van der Waals surface area contributed by atoms with Gasteiger partial charge in [-0.2, -0.15) is 0 Å². The van der Waals surface area contributed by atoms with Gasteiger partial charge in [0, 0.05) is 11.9 Å². The molecule has 0 amide bonds. The molecule has 92 valence electrons. The maximum Gasteiger partial charge on any atom is 0.154 e. The molecule has 1 unspecified atom stereocenters. The quantitative estimate of drug-likeness (QED) is 0.850. The summed E-state index contributed by atoms with van der Waals surface area (Å²) in [5.41, 5.74) is -0.869. The molecule has 1 saturated heterocycles. The zero-order valence-electron chi connectivity index (χ0n) is 9.80. The van der Waals surface area contributed by atoms with Crippen LogP contribution in [-0.4, -0.2) is 25.9 Å². The molecule has 1 aliphatic rings. The molecule has 0 saturated carbocycles. The van der Waals surface area contributed by atoms with Crippen molar-refractivity contribution in [1.29, 1.82) is 0 Å². The molecule has 2 rings (SSSR count). The van der Waals surface area contributed by atoms with Gasteiger partial charge in [-0.1, -0.05) is 43.4 Å². The molecule has 3 nitrogen and oxygen atoms in total. The highest BCUT2D eigenvalue weighted by Crippen LogP contribution is 2.37. The van der Waals surface area contributed by atoms with Gasteiger partial charge in [0.15, 0.2) is 5.72 Å². The third-order valence-electron chi connectivity index (χ3n) is 2.83. The van der Waals surface area contributed by atoms with E-state index in [9.17, 15) is 5.11 Å². The molecule has 0 aliphatic carbocycles. The van der Waals surface area contributed by atoms with Crippen LogP contribution in [0, 0.1) is 0 Å². The Morgan fingerprint density at radius 1 is 1.59 bits per heavy atom. The Morgan fingerprint density at radius 2 is 2.41 bits per heavy atom. The van der Waals surface area contributed by atoms with Crippen LogP contribution >= 0.6 is 24.0 Å². The topological polar surface area (TPSA) is 36.4 Å². The lowest BCUT2D eigenvalue weighted by atomic mass is 10.1. The van der Waals surface area contributed by atoms with E-state index in [1.165, 1.54) is 11.8 Å². The van der Waals surface area contributed by atoms with Crippen LogP contribution in [-0.2, 0) is 0 Å². The molecule has 5 heteroatoms. The number of anilines is 1. The van der Waals surface area contributed by atoms with Gasteiger partial charge in [0.2, 0.25) is 0 Å². The van der Waals surface area contributed by atoms with Gasteiger partial charge >= 0.3 is 0 Å². The molecule has 1 aromatic heterocycles. The maximum atomic E-state index is 10.7. The fourth-order valence-electron chi connectivity index (χ4n) is 1.91. The van der Waals surface area contributed by atoms with Crippen molar-refractivity contribution in [3.05, 3.63) is 24.4 Å². The van der Waals surface area contributed by atoms with E-state index < -0.39 is 5.72 Å². The fourth-order valence-corrected chi connectivity index (χ4v) is 3.37. The Hall–Kier alpha value is -0.650. The van der Waals surface area contributed by atoms with Crippen LogP contribution < -0.4 is 4.90 Å². The number of hydrogen-bond acceptors (Lipinski definition) is 4. The lowest BCUT2D eigenvalue weighted by molar-refractivity contribution is 0.0668. The minimum Gasteiger partial charge on any atom is -0.370 e. The number of rotatable bonds is 4. The molecule has 1 N–H and O–H groups in total. The number of thiocarbonyl (C=S) groups is 1. The molecule has 0 spiro atoms. The highest BCUT2D eigenvalue weighted by Gasteiger charge is 2.43. The van der Waals surface area contributed by atoms with E-state index in [1.807, 2.05) is 18.2 Å². The Kier molecular flexibility index (Phi) is 4.01. The van der Waals surface area contributed by atoms with Crippen LogP contribution in [0.2, 0.25) is 0 Å². The Balaban J connectivity index is 2.25. The Morgan fingerprint density at radius 3 is 3.06 bits per heavy atom. The third kappa shape index (κ3) is 2.61. The molecule has 1 atom stereocenters. The van der Waals surface area contributed by atoms with Crippen LogP contribution in [0.4, 0.5) is 5.82 Å². The zero-order valence-corrected chi connectivity index (χ0v) is 11.4. The van der Waals surface area contributed by atoms with Crippen LogP contribution in [0.3, 0.4) is 0 Å². The van der Waals surface area contributed by atoms with Gasteiger partial charge in [-0.3, -0.25) is 4.90 Å². The first-order chi connectivity index (χ1) is 8.17. The standard InChI is InChI=1S/C12H16N2OS2/c1-2-3-7-12(15)9-17-11(16)14(12)10-6-4-5-8-13-10/h4-6,8,15H,2-3,7,9H2,1H3. The van der Waals surface area contributed by atoms with Gasteiger partial charge in [-0.15, -0.1) is 0 Å². The first-order valence-electron chi connectivity index (χ1n) is 5.78. The number of hydrogen-bond donors (Lipinski definition) is 1. The van der Waals surface area contributed by atoms with E-state index in [0.29, 0.717) is 10.1 Å². The van der Waals surface area contributed by atoms with Gasteiger partial charge < -0.3 is 5.11 Å². The van der Waals surface area contributed by atoms with E-state index in [-0.39, 0.29) is 0 Å². The SMILES string of the molecule is CCCCC1(O)CSC(=S)N1c1ccccn1. The lowest BCUT2D eigenvalue weighted by Crippen LogP contribution is -2.47. The summed E-state index contributed by atoms with van der Waals surface area (Å²) < 4.78 is 0.710.